The molecule has 0 aliphatic rings. The molecule has 0 saturated heterocycles. The molecule has 1 aromatic carbocycles. The molecule has 4 nitrogen and oxygen atoms in total. The van der Waals surface area contributed by atoms with E-state index in [1.165, 1.54) is 0 Å². The normalized spacial score (nSPS) is 9.63. The smallest absolute Gasteiger partial charge is 0.224 e. The second-order valence-electron chi connectivity index (χ2n) is 3.93. The van der Waals surface area contributed by atoms with Gasteiger partial charge < -0.3 is 15.8 Å². The lowest BCUT2D eigenvalue weighted by Gasteiger charge is -2.09. The van der Waals surface area contributed by atoms with Crippen molar-refractivity contribution in [3.05, 3.63) is 23.2 Å². The molecule has 0 radical (unpaired) electrons. The second kappa shape index (κ2) is 9.89. The number of anilines is 1. The van der Waals surface area contributed by atoms with Crippen molar-refractivity contribution < 1.29 is 9.53 Å². The van der Waals surface area contributed by atoms with E-state index in [-0.39, 0.29) is 18.3 Å². The zero-order valence-corrected chi connectivity index (χ0v) is 12.5. The average molecular weight is 307 g/mol. The first-order valence-electron chi connectivity index (χ1n) is 6.09. The van der Waals surface area contributed by atoms with Gasteiger partial charge in [-0.2, -0.15) is 0 Å². The maximum atomic E-state index is 11.5. The summed E-state index contributed by atoms with van der Waals surface area (Å²) in [5, 5.41) is 3.27. The number of halogens is 2. The molecule has 3 N–H and O–H groups in total. The van der Waals surface area contributed by atoms with Gasteiger partial charge in [0.05, 0.1) is 11.6 Å². The van der Waals surface area contributed by atoms with Gasteiger partial charge in [0.15, 0.2) is 0 Å². The summed E-state index contributed by atoms with van der Waals surface area (Å²) in [6.45, 7) is 3.17. The monoisotopic (exact) mass is 306 g/mol. The van der Waals surface area contributed by atoms with Crippen molar-refractivity contribution in [2.24, 2.45) is 5.73 Å². The molecule has 0 atom stereocenters. The third-order valence-electron chi connectivity index (χ3n) is 2.29. The van der Waals surface area contributed by atoms with E-state index < -0.39 is 0 Å². The minimum absolute atomic E-state index is 0. The lowest BCUT2D eigenvalue weighted by atomic mass is 10.2. The third-order valence-corrected chi connectivity index (χ3v) is 2.58. The van der Waals surface area contributed by atoms with Gasteiger partial charge in [-0.15, -0.1) is 12.4 Å². The molecule has 1 rings (SSSR count). The lowest BCUT2D eigenvalue weighted by molar-refractivity contribution is -0.116. The van der Waals surface area contributed by atoms with Crippen molar-refractivity contribution in [3.8, 4) is 5.75 Å². The van der Waals surface area contributed by atoms with Crippen molar-refractivity contribution in [1.82, 2.24) is 0 Å². The molecule has 0 bridgehead atoms. The van der Waals surface area contributed by atoms with E-state index in [1.807, 2.05) is 6.92 Å². The van der Waals surface area contributed by atoms with Gasteiger partial charge in [0.1, 0.15) is 5.75 Å². The fraction of sp³-hybridized carbons (Fsp3) is 0.462. The highest BCUT2D eigenvalue weighted by Gasteiger charge is 2.05. The zero-order valence-electron chi connectivity index (χ0n) is 10.9. The highest BCUT2D eigenvalue weighted by Crippen LogP contribution is 2.27. The number of benzene rings is 1. The Balaban J connectivity index is 0.00000324. The van der Waals surface area contributed by atoms with Crippen LogP contribution >= 0.6 is 24.0 Å². The minimum Gasteiger partial charge on any atom is -0.492 e. The van der Waals surface area contributed by atoms with Crippen molar-refractivity contribution in [2.45, 2.75) is 26.2 Å². The number of nitrogens with two attached hydrogens (primary N) is 1. The molecule has 0 spiro atoms. The van der Waals surface area contributed by atoms with Crippen molar-refractivity contribution in [1.29, 1.82) is 0 Å². The SMILES string of the molecule is CCCOc1ccc(NC(=O)CCCN)cc1Cl.Cl. The number of hydrogen-bond donors (Lipinski definition) is 2. The van der Waals surface area contributed by atoms with Gasteiger partial charge >= 0.3 is 0 Å². The Hall–Kier alpha value is -0.970. The largest absolute Gasteiger partial charge is 0.492 e. The Labute approximate surface area is 125 Å². The summed E-state index contributed by atoms with van der Waals surface area (Å²) in [4.78, 5) is 11.5. The van der Waals surface area contributed by atoms with Gasteiger partial charge in [0.2, 0.25) is 5.91 Å². The highest BCUT2D eigenvalue weighted by atomic mass is 35.5. The van der Waals surface area contributed by atoms with E-state index >= 15 is 0 Å². The molecular formula is C13H20Cl2N2O2. The molecule has 0 unspecified atom stereocenters. The predicted octanol–water partition coefficient (Wildman–Crippen LogP) is 3.23. The second-order valence-corrected chi connectivity index (χ2v) is 4.34. The number of amides is 1. The first-order chi connectivity index (χ1) is 8.67. The first-order valence-corrected chi connectivity index (χ1v) is 6.47. The molecule has 1 amide bonds. The van der Waals surface area contributed by atoms with Crippen LogP contribution in [-0.2, 0) is 4.79 Å². The lowest BCUT2D eigenvalue weighted by Crippen LogP contribution is -2.13. The molecule has 0 saturated carbocycles. The van der Waals surface area contributed by atoms with Crippen molar-refractivity contribution in [3.63, 3.8) is 0 Å². The summed E-state index contributed by atoms with van der Waals surface area (Å²) < 4.78 is 5.45. The number of hydrogen-bond acceptors (Lipinski definition) is 3. The van der Waals surface area contributed by atoms with E-state index in [0.29, 0.717) is 42.5 Å². The minimum atomic E-state index is -0.0567. The third kappa shape index (κ3) is 6.66. The van der Waals surface area contributed by atoms with Crippen LogP contribution in [0.5, 0.6) is 5.75 Å². The topological polar surface area (TPSA) is 64.3 Å². The van der Waals surface area contributed by atoms with Gasteiger partial charge in [-0.1, -0.05) is 18.5 Å². The van der Waals surface area contributed by atoms with Crippen LogP contribution in [-0.4, -0.2) is 19.1 Å². The summed E-state index contributed by atoms with van der Waals surface area (Å²) in [5.74, 6) is 0.581. The van der Waals surface area contributed by atoms with Gasteiger partial charge in [-0.3, -0.25) is 4.79 Å². The summed E-state index contributed by atoms with van der Waals surface area (Å²) in [6, 6.07) is 5.22. The first kappa shape index (κ1) is 18.0. The van der Waals surface area contributed by atoms with Gasteiger partial charge in [0.25, 0.3) is 0 Å². The van der Waals surface area contributed by atoms with Crippen LogP contribution in [0.4, 0.5) is 5.69 Å². The Bertz CT molecular complexity index is 400. The molecule has 19 heavy (non-hydrogen) atoms. The number of ether oxygens (including phenoxy) is 1. The van der Waals surface area contributed by atoms with Crippen LogP contribution in [0.15, 0.2) is 18.2 Å². The molecule has 108 valence electrons. The summed E-state index contributed by atoms with van der Waals surface area (Å²) in [7, 11) is 0. The molecule has 0 heterocycles. The van der Waals surface area contributed by atoms with Crippen molar-refractivity contribution >= 4 is 35.6 Å². The van der Waals surface area contributed by atoms with E-state index in [1.54, 1.807) is 18.2 Å². The van der Waals surface area contributed by atoms with Gasteiger partial charge in [0, 0.05) is 12.1 Å². The fourth-order valence-electron chi connectivity index (χ4n) is 1.39. The summed E-state index contributed by atoms with van der Waals surface area (Å²) in [6.07, 6.45) is 2.02. The Morgan fingerprint density at radius 3 is 2.79 bits per heavy atom. The average Bonchev–Trinajstić information content (AvgIpc) is 2.35. The van der Waals surface area contributed by atoms with E-state index in [0.717, 1.165) is 6.42 Å². The van der Waals surface area contributed by atoms with Crippen LogP contribution in [0.2, 0.25) is 5.02 Å². The molecule has 1 aromatic rings. The molecule has 0 aromatic heterocycles. The number of rotatable bonds is 7. The molecule has 0 aliphatic heterocycles. The Morgan fingerprint density at radius 1 is 1.47 bits per heavy atom. The number of carbonyl (C=O) groups is 1. The van der Waals surface area contributed by atoms with E-state index in [4.69, 9.17) is 22.1 Å². The Morgan fingerprint density at radius 2 is 2.21 bits per heavy atom. The number of nitrogens with one attached hydrogen (secondary N) is 1. The van der Waals surface area contributed by atoms with Gasteiger partial charge in [-0.25, -0.2) is 0 Å². The molecule has 0 fully saturated rings. The summed E-state index contributed by atoms with van der Waals surface area (Å²) >= 11 is 6.06. The fourth-order valence-corrected chi connectivity index (χ4v) is 1.63. The standard InChI is InChI=1S/C13H19ClN2O2.ClH/c1-2-8-18-12-6-5-10(9-11(12)14)16-13(17)4-3-7-15;/h5-6,9H,2-4,7-8,15H2,1H3,(H,16,17);1H. The van der Waals surface area contributed by atoms with Crippen LogP contribution in [0.3, 0.4) is 0 Å². The molecule has 0 aliphatic carbocycles. The van der Waals surface area contributed by atoms with E-state index in [2.05, 4.69) is 5.32 Å². The number of carbonyl (C=O) groups excluding carboxylic acids is 1. The maximum absolute atomic E-state index is 11.5. The molecular weight excluding hydrogens is 287 g/mol. The Kier molecular flexibility index (Phi) is 9.39. The van der Waals surface area contributed by atoms with Crippen molar-refractivity contribution in [2.75, 3.05) is 18.5 Å². The molecule has 6 heteroatoms. The quantitative estimate of drug-likeness (QED) is 0.813. The van der Waals surface area contributed by atoms with E-state index in [9.17, 15) is 4.79 Å². The zero-order chi connectivity index (χ0) is 13.4. The summed E-state index contributed by atoms with van der Waals surface area (Å²) in [5.41, 5.74) is 6.02. The maximum Gasteiger partial charge on any atom is 0.224 e. The highest BCUT2D eigenvalue weighted by molar-refractivity contribution is 6.32. The van der Waals surface area contributed by atoms with Crippen LogP contribution < -0.4 is 15.8 Å². The van der Waals surface area contributed by atoms with Crippen LogP contribution in [0.1, 0.15) is 26.2 Å². The van der Waals surface area contributed by atoms with Gasteiger partial charge in [-0.05, 0) is 37.6 Å². The van der Waals surface area contributed by atoms with Crippen LogP contribution in [0.25, 0.3) is 0 Å². The van der Waals surface area contributed by atoms with Crippen LogP contribution in [0, 0.1) is 0 Å². The predicted molar refractivity (Wildman–Crippen MR) is 81.4 cm³/mol.